The summed E-state index contributed by atoms with van der Waals surface area (Å²) in [5, 5.41) is 11.2. The fraction of sp³-hybridized carbons (Fsp3) is 0.800. The molecule has 0 aromatic rings. The molecule has 5 heteroatoms. The van der Waals surface area contributed by atoms with Crippen LogP contribution in [0.3, 0.4) is 0 Å². The van der Waals surface area contributed by atoms with E-state index in [2.05, 4.69) is 29.4 Å². The van der Waals surface area contributed by atoms with Gasteiger partial charge in [0.15, 0.2) is 0 Å². The highest BCUT2D eigenvalue weighted by Gasteiger charge is 2.24. The normalized spacial score (nSPS) is 19.0. The zero-order valence-electron chi connectivity index (χ0n) is 6.16. The highest BCUT2D eigenvalue weighted by molar-refractivity contribution is 5.46. The summed E-state index contributed by atoms with van der Waals surface area (Å²) in [6.07, 6.45) is 1.76. The standard InChI is InChI=1S/C5H11N4.ClH/c1-3-9(4-2)5-6-7-8-9;/h5H,3-4H2,1-2H3;1H/q+1;/p-1. The third-order valence-electron chi connectivity index (χ3n) is 1.63. The lowest BCUT2D eigenvalue weighted by Crippen LogP contribution is -3.00. The van der Waals surface area contributed by atoms with Crippen molar-refractivity contribution in [1.82, 2.24) is 0 Å². The quantitative estimate of drug-likeness (QED) is 0.429. The smallest absolute Gasteiger partial charge is 0.239 e. The lowest BCUT2D eigenvalue weighted by molar-refractivity contribution is -0.839. The van der Waals surface area contributed by atoms with Crippen molar-refractivity contribution in [1.29, 1.82) is 0 Å². The largest absolute Gasteiger partial charge is 1.00 e. The molecule has 0 bridgehead atoms. The summed E-state index contributed by atoms with van der Waals surface area (Å²) < 4.78 is 0.556. The summed E-state index contributed by atoms with van der Waals surface area (Å²) in [5.74, 6) is 0. The van der Waals surface area contributed by atoms with E-state index in [1.54, 1.807) is 6.34 Å². The van der Waals surface area contributed by atoms with Crippen LogP contribution >= 0.6 is 0 Å². The number of rotatable bonds is 2. The number of halogens is 1. The van der Waals surface area contributed by atoms with Gasteiger partial charge in [0.05, 0.1) is 5.22 Å². The average molecular weight is 163 g/mol. The molecule has 1 aliphatic rings. The molecule has 1 rings (SSSR count). The van der Waals surface area contributed by atoms with Gasteiger partial charge in [0.25, 0.3) is 0 Å². The van der Waals surface area contributed by atoms with Crippen LogP contribution in [0.4, 0.5) is 0 Å². The molecule has 0 aromatic carbocycles. The van der Waals surface area contributed by atoms with E-state index in [-0.39, 0.29) is 12.4 Å². The first kappa shape index (κ1) is 9.52. The lowest BCUT2D eigenvalue weighted by Gasteiger charge is -2.17. The maximum absolute atomic E-state index is 3.94. The summed E-state index contributed by atoms with van der Waals surface area (Å²) in [7, 11) is 0. The number of quaternary nitrogens is 1. The highest BCUT2D eigenvalue weighted by Crippen LogP contribution is 2.09. The van der Waals surface area contributed by atoms with E-state index >= 15 is 0 Å². The van der Waals surface area contributed by atoms with Crippen molar-refractivity contribution in [3.8, 4) is 0 Å². The van der Waals surface area contributed by atoms with Gasteiger partial charge in [-0.25, -0.2) is 0 Å². The zero-order valence-corrected chi connectivity index (χ0v) is 6.91. The maximum atomic E-state index is 3.94. The van der Waals surface area contributed by atoms with Crippen LogP contribution in [-0.2, 0) is 0 Å². The van der Waals surface area contributed by atoms with Crippen LogP contribution in [0.5, 0.6) is 0 Å². The van der Waals surface area contributed by atoms with E-state index in [0.29, 0.717) is 4.59 Å². The van der Waals surface area contributed by atoms with E-state index in [1.165, 1.54) is 0 Å². The predicted octanol–water partition coefficient (Wildman–Crippen LogP) is -1.83. The second-order valence-corrected chi connectivity index (χ2v) is 2.03. The average Bonchev–Trinajstić information content (AvgIpc) is 2.36. The first-order valence-corrected chi connectivity index (χ1v) is 3.16. The Morgan fingerprint density at radius 1 is 1.30 bits per heavy atom. The molecule has 1 heterocycles. The minimum atomic E-state index is 0. The molecule has 10 heavy (non-hydrogen) atoms. The van der Waals surface area contributed by atoms with Crippen LogP contribution in [-0.4, -0.2) is 24.0 Å². The Morgan fingerprint density at radius 3 is 2.10 bits per heavy atom. The summed E-state index contributed by atoms with van der Waals surface area (Å²) in [5.41, 5.74) is 0. The van der Waals surface area contributed by atoms with E-state index in [9.17, 15) is 0 Å². The van der Waals surface area contributed by atoms with Crippen molar-refractivity contribution in [3.05, 3.63) is 0 Å². The molecule has 0 N–H and O–H groups in total. The van der Waals surface area contributed by atoms with Gasteiger partial charge in [-0.2, -0.15) is 0 Å². The van der Waals surface area contributed by atoms with Gasteiger partial charge in [-0.1, -0.05) is 5.10 Å². The molecule has 4 nitrogen and oxygen atoms in total. The van der Waals surface area contributed by atoms with Crippen LogP contribution in [0.1, 0.15) is 13.8 Å². The minimum Gasteiger partial charge on any atom is -1.00 e. The minimum absolute atomic E-state index is 0. The molecule has 0 atom stereocenters. The number of nitrogens with zero attached hydrogens (tertiary/aromatic N) is 4. The van der Waals surface area contributed by atoms with Crippen molar-refractivity contribution in [2.45, 2.75) is 13.8 Å². The zero-order chi connectivity index (χ0) is 6.74. The Kier molecular flexibility index (Phi) is 3.46. The van der Waals surface area contributed by atoms with E-state index in [0.717, 1.165) is 13.1 Å². The highest BCUT2D eigenvalue weighted by atomic mass is 35.5. The maximum Gasteiger partial charge on any atom is 0.239 e. The Morgan fingerprint density at radius 2 is 1.90 bits per heavy atom. The summed E-state index contributed by atoms with van der Waals surface area (Å²) in [4.78, 5) is 0. The number of hydrogen-bond acceptors (Lipinski definition) is 3. The van der Waals surface area contributed by atoms with Gasteiger partial charge in [-0.15, -0.1) is 4.59 Å². The SMILES string of the molecule is CC[N+]1(CC)C=NN=N1.[Cl-]. The molecule has 0 saturated carbocycles. The van der Waals surface area contributed by atoms with Crippen LogP contribution in [0.2, 0.25) is 0 Å². The summed E-state index contributed by atoms with van der Waals surface area (Å²) in [6.45, 7) is 6.01. The van der Waals surface area contributed by atoms with Crippen molar-refractivity contribution in [2.24, 2.45) is 15.5 Å². The van der Waals surface area contributed by atoms with Gasteiger partial charge in [-0.3, -0.25) is 0 Å². The monoisotopic (exact) mass is 162 g/mol. The summed E-state index contributed by atoms with van der Waals surface area (Å²) in [6, 6.07) is 0. The fourth-order valence-corrected chi connectivity index (χ4v) is 0.758. The first-order chi connectivity index (χ1) is 4.33. The molecular formula is C5H11ClN4. The van der Waals surface area contributed by atoms with E-state index in [4.69, 9.17) is 0 Å². The fourth-order valence-electron chi connectivity index (χ4n) is 0.758. The van der Waals surface area contributed by atoms with Gasteiger partial charge < -0.3 is 12.4 Å². The van der Waals surface area contributed by atoms with Crippen molar-refractivity contribution in [2.75, 3.05) is 13.1 Å². The topological polar surface area (TPSA) is 37.1 Å². The Bertz CT molecular complexity index is 136. The summed E-state index contributed by atoms with van der Waals surface area (Å²) >= 11 is 0. The molecule has 0 fully saturated rings. The Hall–Kier alpha value is -0.480. The van der Waals surface area contributed by atoms with Crippen molar-refractivity contribution in [3.63, 3.8) is 0 Å². The van der Waals surface area contributed by atoms with Crippen LogP contribution < -0.4 is 12.4 Å². The lowest BCUT2D eigenvalue weighted by atomic mass is 10.5. The molecule has 58 valence electrons. The second-order valence-electron chi connectivity index (χ2n) is 2.03. The van der Waals surface area contributed by atoms with E-state index in [1.807, 2.05) is 0 Å². The molecule has 0 amide bonds. The second kappa shape index (κ2) is 3.63. The van der Waals surface area contributed by atoms with Gasteiger partial charge in [0.2, 0.25) is 6.34 Å². The molecule has 0 saturated heterocycles. The van der Waals surface area contributed by atoms with Gasteiger partial charge in [-0.05, 0) is 13.8 Å². The molecule has 0 aromatic heterocycles. The van der Waals surface area contributed by atoms with Crippen LogP contribution in [0.25, 0.3) is 0 Å². The molecule has 0 aliphatic carbocycles. The number of hydrogen-bond donors (Lipinski definition) is 0. The van der Waals surface area contributed by atoms with Gasteiger partial charge >= 0.3 is 0 Å². The molecule has 0 unspecified atom stereocenters. The third kappa shape index (κ3) is 1.52. The van der Waals surface area contributed by atoms with E-state index < -0.39 is 0 Å². The molecule has 1 aliphatic heterocycles. The first-order valence-electron chi connectivity index (χ1n) is 3.16. The Labute approximate surface area is 66.6 Å². The van der Waals surface area contributed by atoms with Crippen LogP contribution in [0, 0.1) is 0 Å². The van der Waals surface area contributed by atoms with Crippen molar-refractivity contribution >= 4 is 6.34 Å². The van der Waals surface area contributed by atoms with Gasteiger partial charge in [0.1, 0.15) is 13.1 Å². The molecule has 0 radical (unpaired) electrons. The third-order valence-corrected chi connectivity index (χ3v) is 1.63. The Balaban J connectivity index is 0.000000810. The van der Waals surface area contributed by atoms with Crippen LogP contribution in [0.15, 0.2) is 15.5 Å². The predicted molar refractivity (Wildman–Crippen MR) is 34.7 cm³/mol. The van der Waals surface area contributed by atoms with Crippen molar-refractivity contribution < 1.29 is 17.0 Å². The molecular weight excluding hydrogens is 152 g/mol. The van der Waals surface area contributed by atoms with Gasteiger partial charge in [0, 0.05) is 5.22 Å². The molecule has 0 spiro atoms.